The number of carbonyl (C=O) groups excluding carboxylic acids is 1. The van der Waals surface area contributed by atoms with E-state index in [1.165, 1.54) is 12.1 Å². The lowest BCUT2D eigenvalue weighted by atomic mass is 9.94. The van der Waals surface area contributed by atoms with Gasteiger partial charge in [0.25, 0.3) is 5.69 Å². The Morgan fingerprint density at radius 2 is 2.16 bits per heavy atom. The molecule has 1 aliphatic rings. The molecule has 7 nitrogen and oxygen atoms in total. The van der Waals surface area contributed by atoms with Crippen LogP contribution in [0.15, 0.2) is 29.5 Å². The molecule has 0 saturated carbocycles. The van der Waals surface area contributed by atoms with Crippen LogP contribution in [0.25, 0.3) is 0 Å². The van der Waals surface area contributed by atoms with Gasteiger partial charge in [-0.25, -0.2) is 4.79 Å². The predicted octanol–water partition coefficient (Wildman–Crippen LogP) is 3.34. The summed E-state index contributed by atoms with van der Waals surface area (Å²) in [5.74, 6) is -0.490. The summed E-state index contributed by atoms with van der Waals surface area (Å²) in [6.45, 7) is 6.20. The molecule has 1 aliphatic heterocycles. The summed E-state index contributed by atoms with van der Waals surface area (Å²) in [6, 6.07) is 3.76. The number of rotatable bonds is 5. The van der Waals surface area contributed by atoms with E-state index in [2.05, 4.69) is 5.32 Å². The van der Waals surface area contributed by atoms with Gasteiger partial charge in [-0.3, -0.25) is 10.1 Å². The third-order valence-corrected chi connectivity index (χ3v) is 4.57. The number of ether oxygens (including phenoxy) is 1. The lowest BCUT2D eigenvalue weighted by molar-refractivity contribution is -0.384. The van der Waals surface area contributed by atoms with Gasteiger partial charge in [0.05, 0.1) is 23.1 Å². The summed E-state index contributed by atoms with van der Waals surface area (Å²) in [4.78, 5) is 24.9. The molecular formula is C16H18ClN3O4S. The smallest absolute Gasteiger partial charge is 0.338 e. The van der Waals surface area contributed by atoms with Gasteiger partial charge in [-0.05, 0) is 44.6 Å². The first-order valence-electron chi connectivity index (χ1n) is 7.71. The van der Waals surface area contributed by atoms with Crippen LogP contribution < -0.4 is 5.32 Å². The van der Waals surface area contributed by atoms with E-state index >= 15 is 0 Å². The number of hydrogen-bond acceptors (Lipinski definition) is 5. The molecule has 0 aromatic heterocycles. The Bertz CT molecular complexity index is 766. The molecule has 1 N–H and O–H groups in total. The molecule has 0 bridgehead atoms. The van der Waals surface area contributed by atoms with Crippen molar-refractivity contribution < 1.29 is 14.5 Å². The molecule has 25 heavy (non-hydrogen) atoms. The van der Waals surface area contributed by atoms with Crippen LogP contribution >= 0.6 is 23.8 Å². The Hall–Kier alpha value is -2.19. The Morgan fingerprint density at radius 1 is 1.48 bits per heavy atom. The SMILES string of the molecule is CCOC(=O)C1=C(C)N(CC)C(=S)N[C@@H]1c1ccc(Cl)c([N+](=O)[O-])c1. The summed E-state index contributed by atoms with van der Waals surface area (Å²) in [5, 5.41) is 14.7. The average Bonchev–Trinajstić information content (AvgIpc) is 2.55. The van der Waals surface area contributed by atoms with E-state index < -0.39 is 16.9 Å². The number of hydrogen-bond donors (Lipinski definition) is 1. The van der Waals surface area contributed by atoms with Crippen molar-refractivity contribution >= 4 is 40.6 Å². The Morgan fingerprint density at radius 3 is 2.72 bits per heavy atom. The molecular weight excluding hydrogens is 366 g/mol. The van der Waals surface area contributed by atoms with Gasteiger partial charge in [0, 0.05) is 18.3 Å². The van der Waals surface area contributed by atoms with Crippen molar-refractivity contribution in [2.75, 3.05) is 13.2 Å². The first-order valence-corrected chi connectivity index (χ1v) is 8.50. The number of nitro groups is 1. The van der Waals surface area contributed by atoms with E-state index in [9.17, 15) is 14.9 Å². The topological polar surface area (TPSA) is 84.7 Å². The maximum Gasteiger partial charge on any atom is 0.338 e. The minimum absolute atomic E-state index is 0.0284. The number of esters is 1. The normalized spacial score (nSPS) is 17.4. The number of nitrogens with one attached hydrogen (secondary N) is 1. The summed E-state index contributed by atoms with van der Waals surface area (Å²) < 4.78 is 5.17. The molecule has 0 spiro atoms. The average molecular weight is 384 g/mol. The molecule has 9 heteroatoms. The van der Waals surface area contributed by atoms with Crippen LogP contribution in [0.1, 0.15) is 32.4 Å². The zero-order valence-electron chi connectivity index (χ0n) is 14.0. The van der Waals surface area contributed by atoms with Gasteiger partial charge in [0.1, 0.15) is 5.02 Å². The monoisotopic (exact) mass is 383 g/mol. The minimum Gasteiger partial charge on any atom is -0.463 e. The quantitative estimate of drug-likeness (QED) is 0.361. The van der Waals surface area contributed by atoms with Gasteiger partial charge < -0.3 is 15.0 Å². The van der Waals surface area contributed by atoms with Crippen LogP contribution in [0.3, 0.4) is 0 Å². The van der Waals surface area contributed by atoms with E-state index in [0.29, 0.717) is 28.5 Å². The summed E-state index contributed by atoms with van der Waals surface area (Å²) in [5.41, 5.74) is 1.31. The summed E-state index contributed by atoms with van der Waals surface area (Å²) in [6.07, 6.45) is 0. The number of nitrogens with zero attached hydrogens (tertiary/aromatic N) is 2. The van der Waals surface area contributed by atoms with E-state index in [-0.39, 0.29) is 17.3 Å². The molecule has 0 amide bonds. The second-order valence-electron chi connectivity index (χ2n) is 5.31. The first-order chi connectivity index (χ1) is 11.8. The largest absolute Gasteiger partial charge is 0.463 e. The van der Waals surface area contributed by atoms with Crippen LogP contribution in [0.5, 0.6) is 0 Å². The highest BCUT2D eigenvalue weighted by Gasteiger charge is 2.35. The van der Waals surface area contributed by atoms with Crippen molar-refractivity contribution in [1.29, 1.82) is 0 Å². The van der Waals surface area contributed by atoms with Crippen LogP contribution in [-0.4, -0.2) is 34.1 Å². The third-order valence-electron chi connectivity index (χ3n) is 3.91. The second-order valence-corrected chi connectivity index (χ2v) is 6.11. The number of nitro benzene ring substituents is 1. The standard InChI is InChI=1S/C16H18ClN3O4S/c1-4-19-9(3)13(15(21)24-5-2)14(18-16(19)25)10-6-7-11(17)12(8-10)20(22)23/h6-8,14H,4-5H2,1-3H3,(H,18,25)/t14-/m1/s1. The molecule has 134 valence electrons. The maximum absolute atomic E-state index is 12.5. The summed E-state index contributed by atoms with van der Waals surface area (Å²) >= 11 is 11.2. The van der Waals surface area contributed by atoms with Crippen molar-refractivity contribution in [3.8, 4) is 0 Å². The number of thiocarbonyl (C=S) groups is 1. The highest BCUT2D eigenvalue weighted by molar-refractivity contribution is 7.80. The maximum atomic E-state index is 12.5. The molecule has 0 aliphatic carbocycles. The molecule has 0 saturated heterocycles. The van der Waals surface area contributed by atoms with Crippen molar-refractivity contribution in [3.05, 3.63) is 50.2 Å². The fourth-order valence-electron chi connectivity index (χ4n) is 2.73. The van der Waals surface area contributed by atoms with E-state index in [0.717, 1.165) is 0 Å². The Labute approximate surface area is 155 Å². The Kier molecular flexibility index (Phi) is 5.97. The zero-order chi connectivity index (χ0) is 18.7. The van der Waals surface area contributed by atoms with E-state index in [1.807, 2.05) is 6.92 Å². The first kappa shape index (κ1) is 19.1. The highest BCUT2D eigenvalue weighted by Crippen LogP contribution is 2.35. The molecule has 1 aromatic carbocycles. The van der Waals surface area contributed by atoms with Gasteiger partial charge in [-0.1, -0.05) is 17.7 Å². The van der Waals surface area contributed by atoms with E-state index in [1.54, 1.807) is 24.8 Å². The number of allylic oxidation sites excluding steroid dienone is 1. The highest BCUT2D eigenvalue weighted by atomic mass is 35.5. The lowest BCUT2D eigenvalue weighted by Gasteiger charge is -2.37. The molecule has 0 radical (unpaired) electrons. The van der Waals surface area contributed by atoms with Crippen LogP contribution in [-0.2, 0) is 9.53 Å². The molecule has 1 atom stereocenters. The van der Waals surface area contributed by atoms with Gasteiger partial charge in [0.2, 0.25) is 0 Å². The van der Waals surface area contributed by atoms with Crippen LogP contribution in [0.2, 0.25) is 5.02 Å². The van der Waals surface area contributed by atoms with Crippen LogP contribution in [0.4, 0.5) is 5.69 Å². The minimum atomic E-state index is -0.648. The second kappa shape index (κ2) is 7.79. The fourth-order valence-corrected chi connectivity index (χ4v) is 3.30. The predicted molar refractivity (Wildman–Crippen MR) is 98.3 cm³/mol. The third kappa shape index (κ3) is 3.74. The van der Waals surface area contributed by atoms with Crippen LogP contribution in [0, 0.1) is 10.1 Å². The van der Waals surface area contributed by atoms with Crippen molar-refractivity contribution in [1.82, 2.24) is 10.2 Å². The molecule has 1 aromatic rings. The van der Waals surface area contributed by atoms with Crippen molar-refractivity contribution in [3.63, 3.8) is 0 Å². The fraction of sp³-hybridized carbons (Fsp3) is 0.375. The molecule has 0 fully saturated rings. The zero-order valence-corrected chi connectivity index (χ0v) is 15.6. The van der Waals surface area contributed by atoms with Gasteiger partial charge in [-0.2, -0.15) is 0 Å². The molecule has 2 rings (SSSR count). The lowest BCUT2D eigenvalue weighted by Crippen LogP contribution is -2.47. The number of halogens is 1. The molecule has 0 unspecified atom stereocenters. The van der Waals surface area contributed by atoms with Gasteiger partial charge >= 0.3 is 5.97 Å². The molecule has 1 heterocycles. The van der Waals surface area contributed by atoms with Gasteiger partial charge in [-0.15, -0.1) is 0 Å². The summed E-state index contributed by atoms with van der Waals surface area (Å²) in [7, 11) is 0. The van der Waals surface area contributed by atoms with Gasteiger partial charge in [0.15, 0.2) is 5.11 Å². The number of benzene rings is 1. The van der Waals surface area contributed by atoms with Crippen molar-refractivity contribution in [2.45, 2.75) is 26.8 Å². The van der Waals surface area contributed by atoms with E-state index in [4.69, 9.17) is 28.6 Å². The Balaban J connectivity index is 2.59. The number of carbonyl (C=O) groups is 1. The van der Waals surface area contributed by atoms with Crippen molar-refractivity contribution in [2.24, 2.45) is 0 Å².